The van der Waals surface area contributed by atoms with Crippen molar-refractivity contribution in [2.75, 3.05) is 20.7 Å². The number of aliphatic hydroxyl groups is 4. The van der Waals surface area contributed by atoms with E-state index in [1.165, 1.54) is 17.0 Å². The summed E-state index contributed by atoms with van der Waals surface area (Å²) in [5.41, 5.74) is 3.37. The van der Waals surface area contributed by atoms with Crippen molar-refractivity contribution in [2.45, 2.75) is 30.6 Å². The van der Waals surface area contributed by atoms with Gasteiger partial charge in [-0.25, -0.2) is 0 Å². The summed E-state index contributed by atoms with van der Waals surface area (Å²) in [5, 5.41) is 53.5. The van der Waals surface area contributed by atoms with Gasteiger partial charge in [0.25, 0.3) is 0 Å². The summed E-state index contributed by atoms with van der Waals surface area (Å²) in [5.74, 6) is -7.94. The van der Waals surface area contributed by atoms with Crippen LogP contribution in [0.15, 0.2) is 22.7 Å². The van der Waals surface area contributed by atoms with Gasteiger partial charge in [-0.1, -0.05) is 17.7 Å². The second kappa shape index (κ2) is 8.72. The van der Waals surface area contributed by atoms with Crippen molar-refractivity contribution in [1.29, 1.82) is 0 Å². The summed E-state index contributed by atoms with van der Waals surface area (Å²) in [7, 11) is 3.17. The van der Waals surface area contributed by atoms with E-state index in [1.54, 1.807) is 20.2 Å². The zero-order valence-electron chi connectivity index (χ0n) is 19.1. The second-order valence-electron chi connectivity index (χ2n) is 9.57. The number of rotatable bonds is 4. The van der Waals surface area contributed by atoms with Gasteiger partial charge in [0, 0.05) is 22.6 Å². The SMILES string of the molecule is CN(C)[C@@H]1C(O)C(C(N)=O)C(=O)[C@@]2(O)C(=O)C3=C(O)c4c(O)ccc(/C=C(\Cl)CO)c4C[C@H]3C[C@@H]12. The summed E-state index contributed by atoms with van der Waals surface area (Å²) in [6.07, 6.45) is 0.0960. The van der Waals surface area contributed by atoms with Crippen LogP contribution in [0.5, 0.6) is 5.75 Å². The number of benzene rings is 1. The number of phenols is 1. The van der Waals surface area contributed by atoms with Crippen LogP contribution in [0.25, 0.3) is 11.8 Å². The van der Waals surface area contributed by atoms with Crippen LogP contribution in [0.2, 0.25) is 0 Å². The van der Waals surface area contributed by atoms with Gasteiger partial charge >= 0.3 is 0 Å². The van der Waals surface area contributed by atoms with E-state index in [0.717, 1.165) is 0 Å². The van der Waals surface area contributed by atoms with Gasteiger partial charge in [-0.2, -0.15) is 0 Å². The zero-order chi connectivity index (χ0) is 26.0. The number of hydrogen-bond acceptors (Lipinski definition) is 9. The van der Waals surface area contributed by atoms with Crippen LogP contribution < -0.4 is 5.73 Å². The van der Waals surface area contributed by atoms with E-state index in [0.29, 0.717) is 11.1 Å². The number of fused-ring (bicyclic) bond motifs is 3. The van der Waals surface area contributed by atoms with Crippen molar-refractivity contribution in [3.63, 3.8) is 0 Å². The lowest BCUT2D eigenvalue weighted by molar-refractivity contribution is -0.184. The molecule has 11 heteroatoms. The van der Waals surface area contributed by atoms with Gasteiger partial charge < -0.3 is 36.2 Å². The normalized spacial score (nSPS) is 32.9. The molecule has 0 radical (unpaired) electrons. The van der Waals surface area contributed by atoms with Crippen LogP contribution in [0.4, 0.5) is 0 Å². The molecule has 188 valence electrons. The Morgan fingerprint density at radius 3 is 2.51 bits per heavy atom. The molecular formula is C24H27ClN2O8. The number of hydrogen-bond donors (Lipinski definition) is 6. The maximum atomic E-state index is 13.7. The van der Waals surface area contributed by atoms with Gasteiger partial charge in [0.15, 0.2) is 11.4 Å². The molecule has 3 aliphatic carbocycles. The standard InChI is InChI=1S/C24H27ClN2O8/c1-27(2)18-13-7-10-6-12-9(5-11(25)8-28)3-4-14(29)16(12)19(30)15(10)21(32)24(13,35)22(33)17(20(18)31)23(26)34/h3-5,10,13,17-18,20,28-31,35H,6-8H2,1-2H3,(H2,26,34)/b11-5-/t10-,13-,17?,18-,20?,24-/m0/s1. The summed E-state index contributed by atoms with van der Waals surface area (Å²) in [4.78, 5) is 40.6. The molecule has 4 rings (SSSR count). The third-order valence-corrected chi connectivity index (χ3v) is 7.70. The first kappa shape index (κ1) is 25.3. The number of nitrogens with two attached hydrogens (primary N) is 1. The summed E-state index contributed by atoms with van der Waals surface area (Å²) < 4.78 is 0. The number of aromatic hydroxyl groups is 1. The number of amides is 1. The second-order valence-corrected chi connectivity index (χ2v) is 10.1. The average molecular weight is 507 g/mol. The Balaban J connectivity index is 1.93. The molecule has 1 amide bonds. The van der Waals surface area contributed by atoms with Crippen molar-refractivity contribution >= 4 is 40.9 Å². The zero-order valence-corrected chi connectivity index (χ0v) is 19.9. The van der Waals surface area contributed by atoms with Crippen molar-refractivity contribution in [2.24, 2.45) is 23.5 Å². The molecule has 2 unspecified atom stereocenters. The van der Waals surface area contributed by atoms with E-state index < -0.39 is 65.3 Å². The smallest absolute Gasteiger partial charge is 0.230 e. The minimum absolute atomic E-state index is 0.0186. The van der Waals surface area contributed by atoms with Crippen molar-refractivity contribution in [1.82, 2.24) is 4.90 Å². The van der Waals surface area contributed by atoms with E-state index in [1.807, 2.05) is 0 Å². The number of Topliss-reactive ketones (excluding diaryl/α,β-unsaturated/α-hetero) is 2. The van der Waals surface area contributed by atoms with Gasteiger partial charge in [0.2, 0.25) is 11.7 Å². The number of halogens is 1. The highest BCUT2D eigenvalue weighted by atomic mass is 35.5. The first-order chi connectivity index (χ1) is 16.4. The van der Waals surface area contributed by atoms with E-state index in [2.05, 4.69) is 0 Å². The lowest BCUT2D eigenvalue weighted by atomic mass is 9.54. The third-order valence-electron chi connectivity index (χ3n) is 7.47. The summed E-state index contributed by atoms with van der Waals surface area (Å²) in [6.45, 7) is -0.424. The minimum Gasteiger partial charge on any atom is -0.507 e. The highest BCUT2D eigenvalue weighted by molar-refractivity contribution is 6.31. The van der Waals surface area contributed by atoms with Crippen molar-refractivity contribution in [3.8, 4) is 5.75 Å². The molecule has 0 spiro atoms. The Morgan fingerprint density at radius 2 is 1.94 bits per heavy atom. The molecule has 0 bridgehead atoms. The fraction of sp³-hybridized carbons (Fsp3) is 0.458. The third kappa shape index (κ3) is 3.59. The number of carbonyl (C=O) groups excluding carboxylic acids is 3. The number of aliphatic hydroxyl groups excluding tert-OH is 3. The van der Waals surface area contributed by atoms with Gasteiger partial charge in [0.05, 0.1) is 18.3 Å². The number of ketones is 2. The number of phenolic OH excluding ortho intramolecular Hbond substituents is 1. The van der Waals surface area contributed by atoms with E-state index in [4.69, 9.17) is 17.3 Å². The van der Waals surface area contributed by atoms with E-state index in [9.17, 15) is 39.9 Å². The Hall–Kier alpha value is -2.76. The maximum absolute atomic E-state index is 13.7. The number of primary amides is 1. The van der Waals surface area contributed by atoms with Gasteiger partial charge in [-0.15, -0.1) is 0 Å². The summed E-state index contributed by atoms with van der Waals surface area (Å²) in [6, 6.07) is 1.89. The average Bonchev–Trinajstić information content (AvgIpc) is 2.77. The van der Waals surface area contributed by atoms with Crippen LogP contribution in [0.1, 0.15) is 23.1 Å². The molecule has 0 saturated heterocycles. The van der Waals surface area contributed by atoms with E-state index in [-0.39, 0.29) is 34.8 Å². The molecule has 2 saturated carbocycles. The molecule has 35 heavy (non-hydrogen) atoms. The Bertz CT molecular complexity index is 1190. The van der Waals surface area contributed by atoms with Gasteiger partial charge in [-0.05, 0) is 56.1 Å². The first-order valence-corrected chi connectivity index (χ1v) is 11.4. The van der Waals surface area contributed by atoms with Crippen LogP contribution in [-0.2, 0) is 20.8 Å². The topological polar surface area (TPSA) is 182 Å². The molecule has 0 aromatic heterocycles. The fourth-order valence-corrected chi connectivity index (χ4v) is 6.10. The van der Waals surface area contributed by atoms with Crippen LogP contribution >= 0.6 is 11.6 Å². The highest BCUT2D eigenvalue weighted by Gasteiger charge is 2.67. The molecule has 0 aliphatic heterocycles. The van der Waals surface area contributed by atoms with Crippen molar-refractivity contribution < 1.29 is 39.9 Å². The van der Waals surface area contributed by atoms with Crippen LogP contribution in [-0.4, -0.2) is 86.4 Å². The number of nitrogens with zero attached hydrogens (tertiary/aromatic N) is 1. The van der Waals surface area contributed by atoms with Crippen molar-refractivity contribution in [3.05, 3.63) is 39.4 Å². The van der Waals surface area contributed by atoms with E-state index >= 15 is 0 Å². The largest absolute Gasteiger partial charge is 0.507 e. The lowest BCUT2D eigenvalue weighted by Crippen LogP contribution is -2.73. The Kier molecular flexibility index (Phi) is 6.31. The minimum atomic E-state index is -2.70. The predicted octanol–water partition coefficient (Wildman–Crippen LogP) is -0.299. The predicted molar refractivity (Wildman–Crippen MR) is 125 cm³/mol. The van der Waals surface area contributed by atoms with Gasteiger partial charge in [-0.3, -0.25) is 14.4 Å². The fourth-order valence-electron chi connectivity index (χ4n) is 5.98. The maximum Gasteiger partial charge on any atom is 0.230 e. The molecule has 3 aliphatic rings. The highest BCUT2D eigenvalue weighted by Crippen LogP contribution is 2.52. The molecule has 10 nitrogen and oxygen atoms in total. The molecular weight excluding hydrogens is 480 g/mol. The van der Waals surface area contributed by atoms with Gasteiger partial charge in [0.1, 0.15) is 17.4 Å². The molecule has 2 fully saturated rings. The Labute approximate surface area is 205 Å². The van der Waals surface area contributed by atoms with Crippen LogP contribution in [0, 0.1) is 17.8 Å². The van der Waals surface area contributed by atoms with Crippen LogP contribution in [0.3, 0.4) is 0 Å². The molecule has 1 aromatic carbocycles. The monoisotopic (exact) mass is 506 g/mol. The Morgan fingerprint density at radius 1 is 1.29 bits per heavy atom. The lowest BCUT2D eigenvalue weighted by Gasteiger charge is -2.53. The first-order valence-electron chi connectivity index (χ1n) is 11.1. The molecule has 0 heterocycles. The molecule has 1 aromatic rings. The molecule has 6 atom stereocenters. The summed E-state index contributed by atoms with van der Waals surface area (Å²) >= 11 is 5.99. The molecule has 7 N–H and O–H groups in total. The quantitative estimate of drug-likeness (QED) is 0.299. The number of likely N-dealkylation sites (N-methyl/N-ethyl adjacent to an activating group) is 1. The number of carbonyl (C=O) groups is 3.